The zero-order chi connectivity index (χ0) is 17.0. The standard InChI is InChI=1S/C17H23N7O.2ClH/c18-16-12-2-1-11(9-12)15(16)17(25)23-7-5-22(6-8-23)14-4-3-13-20-19-10-24(13)21-14;;/h3-4,10-12,15-16H,1-2,5-9,18H2;2*1H. The molecule has 8 nitrogen and oxygen atoms in total. The van der Waals surface area contributed by atoms with Gasteiger partial charge in [0.1, 0.15) is 12.1 Å². The molecule has 1 aliphatic heterocycles. The second-order valence-electron chi connectivity index (χ2n) is 7.57. The van der Waals surface area contributed by atoms with Crippen molar-refractivity contribution >= 4 is 42.2 Å². The smallest absolute Gasteiger partial charge is 0.227 e. The second-order valence-corrected chi connectivity index (χ2v) is 7.57. The maximum atomic E-state index is 13.0. The SMILES string of the molecule is Cl.Cl.NC1C2CCC(C2)C1C(=O)N1CCN(c2ccc3nncn3n2)CC1. The zero-order valence-electron chi connectivity index (χ0n) is 15.0. The van der Waals surface area contributed by atoms with Crippen LogP contribution in [0, 0.1) is 17.8 Å². The van der Waals surface area contributed by atoms with Gasteiger partial charge in [-0.15, -0.1) is 40.1 Å². The van der Waals surface area contributed by atoms with Gasteiger partial charge in [0, 0.05) is 32.2 Å². The lowest BCUT2D eigenvalue weighted by Gasteiger charge is -2.38. The predicted octanol–water partition coefficient (Wildman–Crippen LogP) is 0.990. The number of halogens is 2. The summed E-state index contributed by atoms with van der Waals surface area (Å²) in [6.45, 7) is 3.06. The number of carbonyl (C=O) groups is 1. The summed E-state index contributed by atoms with van der Waals surface area (Å²) in [7, 11) is 0. The summed E-state index contributed by atoms with van der Waals surface area (Å²) < 4.78 is 1.68. The van der Waals surface area contributed by atoms with Gasteiger partial charge >= 0.3 is 0 Å². The summed E-state index contributed by atoms with van der Waals surface area (Å²) in [5.74, 6) is 2.32. The van der Waals surface area contributed by atoms with Crippen LogP contribution in [0.5, 0.6) is 0 Å². The monoisotopic (exact) mass is 413 g/mol. The van der Waals surface area contributed by atoms with E-state index in [2.05, 4.69) is 20.2 Å². The molecule has 0 spiro atoms. The van der Waals surface area contributed by atoms with E-state index in [1.165, 1.54) is 12.8 Å². The lowest BCUT2D eigenvalue weighted by Crippen LogP contribution is -2.54. The van der Waals surface area contributed by atoms with E-state index in [1.807, 2.05) is 17.0 Å². The van der Waals surface area contributed by atoms with Crippen LogP contribution >= 0.6 is 24.8 Å². The Labute approximate surface area is 170 Å². The number of aromatic nitrogens is 4. The van der Waals surface area contributed by atoms with Crippen LogP contribution in [-0.2, 0) is 4.79 Å². The van der Waals surface area contributed by atoms with E-state index in [0.29, 0.717) is 11.8 Å². The molecule has 0 radical (unpaired) electrons. The number of anilines is 1. The van der Waals surface area contributed by atoms with Gasteiger partial charge in [-0.3, -0.25) is 4.79 Å². The molecule has 148 valence electrons. The average molecular weight is 414 g/mol. The van der Waals surface area contributed by atoms with Crippen molar-refractivity contribution in [2.45, 2.75) is 25.3 Å². The first kappa shape index (κ1) is 20.1. The molecule has 5 rings (SSSR count). The minimum absolute atomic E-state index is 0. The molecule has 27 heavy (non-hydrogen) atoms. The Kier molecular flexibility index (Phi) is 5.79. The molecule has 4 unspecified atom stereocenters. The normalized spacial score (nSPS) is 29.5. The minimum Gasteiger partial charge on any atom is -0.352 e. The van der Waals surface area contributed by atoms with Crippen LogP contribution in [0.3, 0.4) is 0 Å². The van der Waals surface area contributed by atoms with Crippen LogP contribution in [0.25, 0.3) is 5.65 Å². The molecule has 3 aliphatic rings. The van der Waals surface area contributed by atoms with E-state index in [0.717, 1.165) is 44.1 Å². The Bertz CT molecular complexity index is 805. The Morgan fingerprint density at radius 1 is 1.07 bits per heavy atom. The number of piperazine rings is 1. The summed E-state index contributed by atoms with van der Waals surface area (Å²) in [6.07, 6.45) is 5.15. The van der Waals surface area contributed by atoms with E-state index < -0.39 is 0 Å². The summed E-state index contributed by atoms with van der Waals surface area (Å²) >= 11 is 0. The number of fused-ring (bicyclic) bond motifs is 3. The van der Waals surface area contributed by atoms with Crippen LogP contribution in [0.1, 0.15) is 19.3 Å². The molecule has 1 saturated heterocycles. The van der Waals surface area contributed by atoms with Gasteiger partial charge in [0.15, 0.2) is 5.65 Å². The molecular formula is C17H25Cl2N7O. The molecule has 10 heteroatoms. The number of nitrogens with two attached hydrogens (primary N) is 1. The van der Waals surface area contributed by atoms with Gasteiger partial charge in [0.25, 0.3) is 0 Å². The summed E-state index contributed by atoms with van der Waals surface area (Å²) in [5, 5.41) is 12.4. The van der Waals surface area contributed by atoms with E-state index in [4.69, 9.17) is 5.73 Å². The van der Waals surface area contributed by atoms with Crippen LogP contribution in [0.2, 0.25) is 0 Å². The van der Waals surface area contributed by atoms with Crippen molar-refractivity contribution in [2.75, 3.05) is 31.1 Å². The van der Waals surface area contributed by atoms with E-state index in [-0.39, 0.29) is 42.7 Å². The number of rotatable bonds is 2. The minimum atomic E-state index is 0. The third-order valence-corrected chi connectivity index (χ3v) is 6.33. The Hall–Kier alpha value is -1.64. The summed E-state index contributed by atoms with van der Waals surface area (Å²) in [5.41, 5.74) is 7.09. The largest absolute Gasteiger partial charge is 0.352 e. The van der Waals surface area contributed by atoms with Gasteiger partial charge in [-0.25, -0.2) is 0 Å². The summed E-state index contributed by atoms with van der Waals surface area (Å²) in [4.78, 5) is 17.2. The number of amides is 1. The van der Waals surface area contributed by atoms with Crippen LogP contribution in [0.15, 0.2) is 18.5 Å². The van der Waals surface area contributed by atoms with Crippen LogP contribution in [0.4, 0.5) is 5.82 Å². The predicted molar refractivity (Wildman–Crippen MR) is 106 cm³/mol. The molecule has 2 aromatic rings. The zero-order valence-corrected chi connectivity index (χ0v) is 16.6. The van der Waals surface area contributed by atoms with E-state index in [9.17, 15) is 4.79 Å². The van der Waals surface area contributed by atoms with Crippen molar-refractivity contribution in [3.05, 3.63) is 18.5 Å². The molecule has 2 N–H and O–H groups in total. The molecule has 1 amide bonds. The average Bonchev–Trinajstić information content (AvgIpc) is 3.36. The highest BCUT2D eigenvalue weighted by atomic mass is 35.5. The fraction of sp³-hybridized carbons (Fsp3) is 0.647. The molecule has 0 aromatic carbocycles. The molecule has 2 aromatic heterocycles. The van der Waals surface area contributed by atoms with Gasteiger partial charge in [-0.2, -0.15) is 4.52 Å². The molecule has 3 heterocycles. The van der Waals surface area contributed by atoms with E-state index in [1.54, 1.807) is 10.8 Å². The fourth-order valence-corrected chi connectivity index (χ4v) is 4.96. The highest BCUT2D eigenvalue weighted by Gasteiger charge is 2.50. The number of hydrogen-bond acceptors (Lipinski definition) is 6. The number of carbonyl (C=O) groups excluding carboxylic acids is 1. The highest BCUT2D eigenvalue weighted by Crippen LogP contribution is 2.48. The van der Waals surface area contributed by atoms with Crippen molar-refractivity contribution in [1.29, 1.82) is 0 Å². The summed E-state index contributed by atoms with van der Waals surface area (Å²) in [6, 6.07) is 3.95. The Balaban J connectivity index is 0.00000105. The van der Waals surface area contributed by atoms with Crippen molar-refractivity contribution in [1.82, 2.24) is 24.7 Å². The van der Waals surface area contributed by atoms with Crippen molar-refractivity contribution < 1.29 is 4.79 Å². The molecule has 3 fully saturated rings. The van der Waals surface area contributed by atoms with Gasteiger partial charge in [-0.1, -0.05) is 0 Å². The quantitative estimate of drug-likeness (QED) is 0.788. The molecular weight excluding hydrogens is 389 g/mol. The third kappa shape index (κ3) is 3.34. The second kappa shape index (κ2) is 7.77. The third-order valence-electron chi connectivity index (χ3n) is 6.33. The molecule has 2 bridgehead atoms. The van der Waals surface area contributed by atoms with Gasteiger partial charge in [0.05, 0.1) is 5.92 Å². The highest BCUT2D eigenvalue weighted by molar-refractivity contribution is 5.85. The van der Waals surface area contributed by atoms with E-state index >= 15 is 0 Å². The maximum Gasteiger partial charge on any atom is 0.227 e. The Morgan fingerprint density at radius 3 is 2.52 bits per heavy atom. The maximum absolute atomic E-state index is 13.0. The molecule has 2 aliphatic carbocycles. The van der Waals surface area contributed by atoms with Gasteiger partial charge < -0.3 is 15.5 Å². The Morgan fingerprint density at radius 2 is 1.81 bits per heavy atom. The first-order chi connectivity index (χ1) is 12.2. The lowest BCUT2D eigenvalue weighted by molar-refractivity contribution is -0.138. The van der Waals surface area contributed by atoms with Gasteiger partial charge in [0.2, 0.25) is 5.91 Å². The van der Waals surface area contributed by atoms with Crippen LogP contribution < -0.4 is 10.6 Å². The van der Waals surface area contributed by atoms with Crippen LogP contribution in [-0.4, -0.2) is 62.8 Å². The number of hydrogen-bond donors (Lipinski definition) is 1. The molecule has 2 saturated carbocycles. The van der Waals surface area contributed by atoms with Gasteiger partial charge in [-0.05, 0) is 43.2 Å². The topological polar surface area (TPSA) is 92.7 Å². The van der Waals surface area contributed by atoms with Crippen molar-refractivity contribution in [3.8, 4) is 0 Å². The first-order valence-electron chi connectivity index (χ1n) is 9.17. The lowest BCUT2D eigenvalue weighted by atomic mass is 9.84. The van der Waals surface area contributed by atoms with Crippen molar-refractivity contribution in [3.63, 3.8) is 0 Å². The first-order valence-corrected chi connectivity index (χ1v) is 9.17. The molecule has 4 atom stereocenters. The fourth-order valence-electron chi connectivity index (χ4n) is 4.96. The number of nitrogens with zero attached hydrogens (tertiary/aromatic N) is 6. The van der Waals surface area contributed by atoms with Crippen molar-refractivity contribution in [2.24, 2.45) is 23.5 Å².